The number of carbonyl (C=O) groups is 1. The van der Waals surface area contributed by atoms with Crippen molar-refractivity contribution in [2.45, 2.75) is 32.7 Å². The number of aromatic nitrogens is 1. The van der Waals surface area contributed by atoms with Gasteiger partial charge in [-0.15, -0.1) is 0 Å². The molecule has 0 unspecified atom stereocenters. The van der Waals surface area contributed by atoms with E-state index < -0.39 is 0 Å². The molecule has 6 heteroatoms. The number of fused-ring (bicyclic) bond motifs is 1. The Morgan fingerprint density at radius 2 is 2.26 bits per heavy atom. The number of hydrogen-bond donors (Lipinski definition) is 0. The molecule has 0 bridgehead atoms. The van der Waals surface area contributed by atoms with Gasteiger partial charge in [0, 0.05) is 6.42 Å². The van der Waals surface area contributed by atoms with Crippen LogP contribution in [0.1, 0.15) is 31.9 Å². The van der Waals surface area contributed by atoms with Gasteiger partial charge in [0.2, 0.25) is 5.91 Å². The van der Waals surface area contributed by atoms with Crippen LogP contribution in [0.5, 0.6) is 0 Å². The Hall–Kier alpha value is -2.21. The summed E-state index contributed by atoms with van der Waals surface area (Å²) in [5, 5.41) is 0.572. The molecule has 0 fully saturated rings. The molecule has 3 rings (SSSR count). The van der Waals surface area contributed by atoms with Crippen LogP contribution in [0, 0.1) is 5.82 Å². The highest BCUT2D eigenvalue weighted by molar-refractivity contribution is 7.22. The maximum Gasteiger partial charge on any atom is 0.229 e. The average molecular weight is 332 g/mol. The van der Waals surface area contributed by atoms with Gasteiger partial charge >= 0.3 is 0 Å². The van der Waals surface area contributed by atoms with E-state index in [4.69, 9.17) is 4.42 Å². The molecule has 3 aromatic rings. The third kappa shape index (κ3) is 3.59. The van der Waals surface area contributed by atoms with Crippen molar-refractivity contribution >= 4 is 32.6 Å². The molecule has 120 valence electrons. The van der Waals surface area contributed by atoms with Gasteiger partial charge in [-0.05, 0) is 36.8 Å². The molecule has 2 heterocycles. The first-order valence-corrected chi connectivity index (χ1v) is 8.38. The third-order valence-corrected chi connectivity index (χ3v) is 4.55. The molecule has 4 nitrogen and oxygen atoms in total. The smallest absolute Gasteiger partial charge is 0.229 e. The van der Waals surface area contributed by atoms with Crippen LogP contribution >= 0.6 is 11.3 Å². The zero-order valence-corrected chi connectivity index (χ0v) is 13.6. The van der Waals surface area contributed by atoms with Crippen molar-refractivity contribution in [3.05, 3.63) is 48.2 Å². The highest BCUT2D eigenvalue weighted by Gasteiger charge is 2.20. The van der Waals surface area contributed by atoms with E-state index in [9.17, 15) is 9.18 Å². The summed E-state index contributed by atoms with van der Waals surface area (Å²) in [4.78, 5) is 18.7. The quantitative estimate of drug-likeness (QED) is 0.654. The fraction of sp³-hybridized carbons (Fsp3) is 0.294. The lowest BCUT2D eigenvalue weighted by Crippen LogP contribution is -2.29. The summed E-state index contributed by atoms with van der Waals surface area (Å²) in [5.41, 5.74) is 0.694. The Morgan fingerprint density at radius 1 is 1.39 bits per heavy atom. The van der Waals surface area contributed by atoms with Crippen LogP contribution in [-0.2, 0) is 11.3 Å². The fourth-order valence-corrected chi connectivity index (χ4v) is 3.29. The third-order valence-electron chi connectivity index (χ3n) is 3.51. The Balaban J connectivity index is 1.92. The summed E-state index contributed by atoms with van der Waals surface area (Å²) in [6.45, 7) is 2.38. The van der Waals surface area contributed by atoms with Crippen molar-refractivity contribution in [3.8, 4) is 0 Å². The van der Waals surface area contributed by atoms with Gasteiger partial charge in [0.15, 0.2) is 5.13 Å². The second kappa shape index (κ2) is 6.91. The number of anilines is 1. The maximum atomic E-state index is 13.4. The number of thiazole rings is 1. The molecule has 0 aliphatic heterocycles. The number of furan rings is 1. The summed E-state index contributed by atoms with van der Waals surface area (Å²) in [7, 11) is 0. The van der Waals surface area contributed by atoms with Crippen molar-refractivity contribution in [2.75, 3.05) is 4.90 Å². The molecule has 2 aromatic heterocycles. The van der Waals surface area contributed by atoms with Crippen molar-refractivity contribution in [3.63, 3.8) is 0 Å². The molecule has 0 saturated heterocycles. The van der Waals surface area contributed by atoms with Gasteiger partial charge in [0.25, 0.3) is 0 Å². The molecule has 0 radical (unpaired) electrons. The molecule has 0 saturated carbocycles. The molecule has 0 aliphatic carbocycles. The molecule has 0 spiro atoms. The number of benzene rings is 1. The van der Waals surface area contributed by atoms with Gasteiger partial charge in [-0.1, -0.05) is 24.7 Å². The zero-order chi connectivity index (χ0) is 16.2. The van der Waals surface area contributed by atoms with Crippen LogP contribution in [0.15, 0.2) is 41.0 Å². The lowest BCUT2D eigenvalue weighted by Gasteiger charge is -2.18. The lowest BCUT2D eigenvalue weighted by molar-refractivity contribution is -0.118. The van der Waals surface area contributed by atoms with Crippen molar-refractivity contribution in [1.29, 1.82) is 0 Å². The van der Waals surface area contributed by atoms with E-state index in [1.807, 2.05) is 13.0 Å². The van der Waals surface area contributed by atoms with Crippen molar-refractivity contribution in [2.24, 2.45) is 0 Å². The summed E-state index contributed by atoms with van der Waals surface area (Å²) in [6.07, 6.45) is 3.82. The minimum atomic E-state index is -0.303. The standard InChI is InChI=1S/C17H17FN2O2S/c1-2-3-6-16(21)20(11-13-5-4-9-22-13)17-19-14-8-7-12(18)10-15(14)23-17/h4-5,7-10H,2-3,6,11H2,1H3. The Morgan fingerprint density at radius 3 is 3.00 bits per heavy atom. The number of nitrogens with zero attached hydrogens (tertiary/aromatic N) is 2. The summed E-state index contributed by atoms with van der Waals surface area (Å²) >= 11 is 1.32. The normalized spacial score (nSPS) is 11.0. The highest BCUT2D eigenvalue weighted by atomic mass is 32.1. The van der Waals surface area contributed by atoms with E-state index in [1.165, 1.54) is 23.5 Å². The summed E-state index contributed by atoms with van der Waals surface area (Å²) in [5.74, 6) is 0.394. The monoisotopic (exact) mass is 332 g/mol. The minimum Gasteiger partial charge on any atom is -0.467 e. The molecular weight excluding hydrogens is 315 g/mol. The number of carbonyl (C=O) groups excluding carboxylic acids is 1. The van der Waals surface area contributed by atoms with Crippen LogP contribution in [0.4, 0.5) is 9.52 Å². The van der Waals surface area contributed by atoms with E-state index in [2.05, 4.69) is 4.98 Å². The molecule has 1 aromatic carbocycles. The van der Waals surface area contributed by atoms with E-state index in [0.717, 1.165) is 17.5 Å². The first-order chi connectivity index (χ1) is 11.2. The Bertz CT molecular complexity index is 798. The number of amides is 1. The van der Waals surface area contributed by atoms with Gasteiger partial charge in [-0.3, -0.25) is 9.69 Å². The topological polar surface area (TPSA) is 46.3 Å². The Labute approximate surface area is 137 Å². The van der Waals surface area contributed by atoms with Crippen LogP contribution in [0.3, 0.4) is 0 Å². The van der Waals surface area contributed by atoms with E-state index in [0.29, 0.717) is 29.4 Å². The highest BCUT2D eigenvalue weighted by Crippen LogP contribution is 2.31. The number of unbranched alkanes of at least 4 members (excludes halogenated alkanes) is 1. The van der Waals surface area contributed by atoms with Gasteiger partial charge in [0.1, 0.15) is 11.6 Å². The van der Waals surface area contributed by atoms with Gasteiger partial charge in [-0.25, -0.2) is 9.37 Å². The van der Waals surface area contributed by atoms with E-state index >= 15 is 0 Å². The van der Waals surface area contributed by atoms with Gasteiger partial charge in [0.05, 0.1) is 23.0 Å². The number of halogens is 1. The molecule has 0 atom stereocenters. The van der Waals surface area contributed by atoms with Crippen LogP contribution in [0.2, 0.25) is 0 Å². The Kier molecular flexibility index (Phi) is 4.71. The van der Waals surface area contributed by atoms with Gasteiger partial charge in [-0.2, -0.15) is 0 Å². The van der Waals surface area contributed by atoms with Crippen LogP contribution in [0.25, 0.3) is 10.2 Å². The second-order valence-corrected chi connectivity index (χ2v) is 6.28. The number of rotatable bonds is 6. The van der Waals surface area contributed by atoms with Crippen LogP contribution in [-0.4, -0.2) is 10.9 Å². The number of hydrogen-bond acceptors (Lipinski definition) is 4. The molecular formula is C17H17FN2O2S. The van der Waals surface area contributed by atoms with Crippen molar-refractivity contribution < 1.29 is 13.6 Å². The maximum absolute atomic E-state index is 13.4. The second-order valence-electron chi connectivity index (χ2n) is 5.27. The first kappa shape index (κ1) is 15.7. The predicted molar refractivity (Wildman–Crippen MR) is 89.0 cm³/mol. The zero-order valence-electron chi connectivity index (χ0n) is 12.8. The van der Waals surface area contributed by atoms with Crippen molar-refractivity contribution in [1.82, 2.24) is 4.98 Å². The molecule has 0 aliphatic rings. The van der Waals surface area contributed by atoms with E-state index in [-0.39, 0.29) is 11.7 Å². The minimum absolute atomic E-state index is 0.00257. The largest absolute Gasteiger partial charge is 0.467 e. The fourth-order valence-electron chi connectivity index (χ4n) is 2.29. The lowest BCUT2D eigenvalue weighted by atomic mass is 10.2. The van der Waals surface area contributed by atoms with Crippen LogP contribution < -0.4 is 4.90 Å². The molecule has 23 heavy (non-hydrogen) atoms. The predicted octanol–water partition coefficient (Wildman–Crippen LogP) is 4.75. The first-order valence-electron chi connectivity index (χ1n) is 7.56. The molecule has 0 N–H and O–H groups in total. The van der Waals surface area contributed by atoms with E-state index in [1.54, 1.807) is 23.3 Å². The average Bonchev–Trinajstić information content (AvgIpc) is 3.18. The summed E-state index contributed by atoms with van der Waals surface area (Å²) < 4.78 is 19.4. The molecule has 1 amide bonds. The van der Waals surface area contributed by atoms with Gasteiger partial charge < -0.3 is 4.42 Å². The SMILES string of the molecule is CCCCC(=O)N(Cc1ccco1)c1nc2ccc(F)cc2s1. The summed E-state index contributed by atoms with van der Waals surface area (Å²) in [6, 6.07) is 8.07.